The van der Waals surface area contributed by atoms with Crippen molar-refractivity contribution in [2.45, 2.75) is 13.1 Å². The summed E-state index contributed by atoms with van der Waals surface area (Å²) in [6, 6.07) is 17.9. The molecule has 2 aromatic heterocycles. The summed E-state index contributed by atoms with van der Waals surface area (Å²) in [4.78, 5) is 29.5. The molecule has 152 valence electrons. The Labute approximate surface area is 172 Å². The van der Waals surface area contributed by atoms with Crippen molar-refractivity contribution in [1.82, 2.24) is 14.9 Å². The number of hydrogen-bond donors (Lipinski definition) is 2. The molecule has 8 nitrogen and oxygen atoms in total. The zero-order chi connectivity index (χ0) is 20.9. The molecule has 0 bridgehead atoms. The van der Waals surface area contributed by atoms with E-state index in [1.807, 2.05) is 36.4 Å². The van der Waals surface area contributed by atoms with Crippen LogP contribution in [0.15, 0.2) is 71.3 Å². The fourth-order valence-corrected chi connectivity index (χ4v) is 3.17. The molecule has 2 aromatic carbocycles. The van der Waals surface area contributed by atoms with Crippen molar-refractivity contribution in [3.63, 3.8) is 0 Å². The summed E-state index contributed by atoms with van der Waals surface area (Å²) in [7, 11) is 1.55. The average molecular weight is 404 g/mol. The number of methoxy groups -OCH3 is 1. The lowest BCUT2D eigenvalue weighted by molar-refractivity contribution is -0.116. The fraction of sp³-hybridized carbons (Fsp3) is 0.136. The van der Waals surface area contributed by atoms with Gasteiger partial charge in [0.2, 0.25) is 5.91 Å². The van der Waals surface area contributed by atoms with Gasteiger partial charge in [-0.1, -0.05) is 24.3 Å². The number of furan rings is 1. The molecule has 4 aromatic rings. The zero-order valence-electron chi connectivity index (χ0n) is 16.3. The van der Waals surface area contributed by atoms with Crippen LogP contribution in [0.5, 0.6) is 5.75 Å². The minimum Gasteiger partial charge on any atom is -0.495 e. The summed E-state index contributed by atoms with van der Waals surface area (Å²) in [5.41, 5.74) is 2.13. The molecule has 0 radical (unpaired) electrons. The molecular formula is C22H20N4O4. The summed E-state index contributed by atoms with van der Waals surface area (Å²) in [5, 5.41) is 5.64. The van der Waals surface area contributed by atoms with Crippen molar-refractivity contribution in [2.24, 2.45) is 0 Å². The van der Waals surface area contributed by atoms with E-state index in [9.17, 15) is 9.59 Å². The molecule has 0 saturated heterocycles. The van der Waals surface area contributed by atoms with Crippen LogP contribution in [0, 0.1) is 0 Å². The Morgan fingerprint density at radius 3 is 2.67 bits per heavy atom. The van der Waals surface area contributed by atoms with E-state index >= 15 is 0 Å². The molecule has 0 fully saturated rings. The third kappa shape index (κ3) is 4.02. The van der Waals surface area contributed by atoms with Gasteiger partial charge in [0.25, 0.3) is 5.91 Å². The predicted octanol–water partition coefficient (Wildman–Crippen LogP) is 3.21. The van der Waals surface area contributed by atoms with Crippen molar-refractivity contribution in [2.75, 3.05) is 12.4 Å². The molecule has 0 atom stereocenters. The maximum Gasteiger partial charge on any atom is 0.287 e. The number of aromatic nitrogens is 2. The second kappa shape index (κ2) is 8.52. The van der Waals surface area contributed by atoms with Gasteiger partial charge in [-0.2, -0.15) is 0 Å². The first-order chi connectivity index (χ1) is 14.7. The third-order valence-electron chi connectivity index (χ3n) is 4.57. The number of benzene rings is 2. The number of anilines is 1. The van der Waals surface area contributed by atoms with Gasteiger partial charge in [-0.3, -0.25) is 9.59 Å². The number of amides is 2. The second-order valence-electron chi connectivity index (χ2n) is 6.51. The Hall–Kier alpha value is -4.07. The van der Waals surface area contributed by atoms with Gasteiger partial charge in [0.15, 0.2) is 5.76 Å². The van der Waals surface area contributed by atoms with Crippen LogP contribution in [-0.2, 0) is 17.9 Å². The topological polar surface area (TPSA) is 98.4 Å². The van der Waals surface area contributed by atoms with Crippen molar-refractivity contribution >= 4 is 28.5 Å². The average Bonchev–Trinajstić information content (AvgIpc) is 3.41. The lowest BCUT2D eigenvalue weighted by atomic mass is 10.3. The summed E-state index contributed by atoms with van der Waals surface area (Å²) in [6.07, 6.45) is 1.44. The number of carbonyl (C=O) groups excluding carboxylic acids is 2. The highest BCUT2D eigenvalue weighted by atomic mass is 16.5. The van der Waals surface area contributed by atoms with Crippen LogP contribution in [0.1, 0.15) is 16.4 Å². The van der Waals surface area contributed by atoms with E-state index < -0.39 is 0 Å². The van der Waals surface area contributed by atoms with E-state index in [-0.39, 0.29) is 30.7 Å². The molecule has 0 unspecified atom stereocenters. The molecule has 4 rings (SSSR count). The molecule has 0 saturated carbocycles. The molecular weight excluding hydrogens is 384 g/mol. The van der Waals surface area contributed by atoms with Crippen molar-refractivity contribution < 1.29 is 18.7 Å². The predicted molar refractivity (Wildman–Crippen MR) is 111 cm³/mol. The number of nitrogens with zero attached hydrogens (tertiary/aromatic N) is 2. The molecule has 2 amide bonds. The van der Waals surface area contributed by atoms with Crippen LogP contribution in [0.2, 0.25) is 0 Å². The van der Waals surface area contributed by atoms with Gasteiger partial charge in [0.05, 0.1) is 36.6 Å². The molecule has 0 aliphatic rings. The SMILES string of the molecule is COc1ccccc1NC(=O)Cn1c(CNC(=O)c2ccco2)nc2ccccc21. The Morgan fingerprint density at radius 1 is 1.07 bits per heavy atom. The van der Waals surface area contributed by atoms with Crippen LogP contribution >= 0.6 is 0 Å². The van der Waals surface area contributed by atoms with Gasteiger partial charge in [-0.05, 0) is 36.4 Å². The van der Waals surface area contributed by atoms with Crippen LogP contribution in [0.3, 0.4) is 0 Å². The minimum atomic E-state index is -0.350. The number of nitrogens with one attached hydrogen (secondary N) is 2. The number of imidazole rings is 1. The van der Waals surface area contributed by atoms with E-state index in [0.29, 0.717) is 17.3 Å². The van der Waals surface area contributed by atoms with Crippen LogP contribution in [-0.4, -0.2) is 28.5 Å². The first-order valence-electron chi connectivity index (χ1n) is 9.34. The smallest absolute Gasteiger partial charge is 0.287 e. The van der Waals surface area contributed by atoms with Crippen LogP contribution in [0.4, 0.5) is 5.69 Å². The van der Waals surface area contributed by atoms with E-state index in [4.69, 9.17) is 9.15 Å². The largest absolute Gasteiger partial charge is 0.495 e. The molecule has 30 heavy (non-hydrogen) atoms. The fourth-order valence-electron chi connectivity index (χ4n) is 3.17. The Kier molecular flexibility index (Phi) is 5.47. The Balaban J connectivity index is 1.55. The highest BCUT2D eigenvalue weighted by Crippen LogP contribution is 2.23. The molecule has 8 heteroatoms. The second-order valence-corrected chi connectivity index (χ2v) is 6.51. The zero-order valence-corrected chi connectivity index (χ0v) is 16.3. The van der Waals surface area contributed by atoms with E-state index in [1.165, 1.54) is 6.26 Å². The standard InChI is InChI=1S/C22H20N4O4/c1-29-18-10-5-3-8-16(18)25-21(27)14-26-17-9-4-2-7-15(17)24-20(26)13-23-22(28)19-11-6-12-30-19/h2-12H,13-14H2,1H3,(H,23,28)(H,25,27). The molecule has 0 aliphatic carbocycles. The van der Waals surface area contributed by atoms with Crippen molar-refractivity contribution in [1.29, 1.82) is 0 Å². The quantitative estimate of drug-likeness (QED) is 0.493. The van der Waals surface area contributed by atoms with Gasteiger partial charge in [0.1, 0.15) is 18.1 Å². The normalized spacial score (nSPS) is 10.7. The number of carbonyl (C=O) groups is 2. The number of fused-ring (bicyclic) bond motifs is 1. The number of hydrogen-bond acceptors (Lipinski definition) is 5. The highest BCUT2D eigenvalue weighted by Gasteiger charge is 2.16. The van der Waals surface area contributed by atoms with Gasteiger partial charge in [0, 0.05) is 0 Å². The van der Waals surface area contributed by atoms with Gasteiger partial charge >= 0.3 is 0 Å². The van der Waals surface area contributed by atoms with Crippen molar-refractivity contribution in [3.8, 4) is 5.75 Å². The molecule has 2 N–H and O–H groups in total. The van der Waals surface area contributed by atoms with Gasteiger partial charge < -0.3 is 24.4 Å². The maximum atomic E-state index is 12.8. The summed E-state index contributed by atoms with van der Waals surface area (Å²) < 4.78 is 12.2. The first kappa shape index (κ1) is 19.3. The molecule has 0 spiro atoms. The van der Waals surface area contributed by atoms with E-state index in [2.05, 4.69) is 15.6 Å². The van der Waals surface area contributed by atoms with E-state index in [0.717, 1.165) is 11.0 Å². The summed E-state index contributed by atoms with van der Waals surface area (Å²) >= 11 is 0. The summed E-state index contributed by atoms with van der Waals surface area (Å²) in [5.74, 6) is 0.767. The van der Waals surface area contributed by atoms with E-state index in [1.54, 1.807) is 35.9 Å². The first-order valence-corrected chi connectivity index (χ1v) is 9.34. The van der Waals surface area contributed by atoms with Gasteiger partial charge in [-0.25, -0.2) is 4.98 Å². The number of ether oxygens (including phenoxy) is 1. The van der Waals surface area contributed by atoms with Crippen molar-refractivity contribution in [3.05, 3.63) is 78.5 Å². The molecule has 0 aliphatic heterocycles. The number of para-hydroxylation sites is 4. The van der Waals surface area contributed by atoms with Crippen LogP contribution in [0.25, 0.3) is 11.0 Å². The lowest BCUT2D eigenvalue weighted by Gasteiger charge is -2.12. The third-order valence-corrected chi connectivity index (χ3v) is 4.57. The number of rotatable bonds is 7. The minimum absolute atomic E-state index is 0.0323. The van der Waals surface area contributed by atoms with Gasteiger partial charge in [-0.15, -0.1) is 0 Å². The van der Waals surface area contributed by atoms with Crippen LogP contribution < -0.4 is 15.4 Å². The molecule has 2 heterocycles. The summed E-state index contributed by atoms with van der Waals surface area (Å²) in [6.45, 7) is 0.181. The lowest BCUT2D eigenvalue weighted by Crippen LogP contribution is -2.26. The highest BCUT2D eigenvalue weighted by molar-refractivity contribution is 5.93. The maximum absolute atomic E-state index is 12.8. The Morgan fingerprint density at radius 2 is 1.87 bits per heavy atom. The monoisotopic (exact) mass is 404 g/mol. The Bertz CT molecular complexity index is 1180.